The Morgan fingerprint density at radius 2 is 1.53 bits per heavy atom. The van der Waals surface area contributed by atoms with Gasteiger partial charge in [0.25, 0.3) is 5.91 Å². The monoisotopic (exact) mass is 394 g/mol. The van der Waals surface area contributed by atoms with E-state index in [4.69, 9.17) is 4.98 Å². The highest BCUT2D eigenvalue weighted by Gasteiger charge is 2.17. The second-order valence-corrected chi connectivity index (χ2v) is 7.50. The van der Waals surface area contributed by atoms with E-state index in [0.717, 1.165) is 57.4 Å². The molecule has 0 radical (unpaired) electrons. The van der Waals surface area contributed by atoms with Crippen LogP contribution in [-0.2, 0) is 12.8 Å². The van der Waals surface area contributed by atoms with Crippen molar-refractivity contribution in [1.29, 1.82) is 0 Å². The van der Waals surface area contributed by atoms with Crippen molar-refractivity contribution in [2.45, 2.75) is 33.6 Å². The van der Waals surface area contributed by atoms with Crippen molar-refractivity contribution in [3.8, 4) is 11.3 Å². The molecule has 0 aliphatic carbocycles. The van der Waals surface area contributed by atoms with Gasteiger partial charge in [-0.15, -0.1) is 0 Å². The third kappa shape index (κ3) is 3.71. The molecule has 1 N–H and O–H groups in total. The van der Waals surface area contributed by atoms with Crippen LogP contribution < -0.4 is 5.32 Å². The van der Waals surface area contributed by atoms with Crippen LogP contribution in [0.25, 0.3) is 22.2 Å². The van der Waals surface area contributed by atoms with Crippen molar-refractivity contribution in [2.75, 3.05) is 5.32 Å². The Balaban J connectivity index is 1.85. The average molecular weight is 395 g/mol. The summed E-state index contributed by atoms with van der Waals surface area (Å²) in [7, 11) is 0. The summed E-state index contributed by atoms with van der Waals surface area (Å²) in [5.41, 5.74) is 7.70. The second kappa shape index (κ2) is 8.50. The van der Waals surface area contributed by atoms with Crippen LogP contribution in [0.5, 0.6) is 0 Å². The maximum absolute atomic E-state index is 13.5. The largest absolute Gasteiger partial charge is 0.321 e. The van der Waals surface area contributed by atoms with Crippen LogP contribution in [0, 0.1) is 6.92 Å². The number of amides is 1. The van der Waals surface area contributed by atoms with Crippen LogP contribution in [0.4, 0.5) is 5.69 Å². The van der Waals surface area contributed by atoms with Crippen LogP contribution in [0.2, 0.25) is 0 Å². The summed E-state index contributed by atoms with van der Waals surface area (Å²) in [4.78, 5) is 18.3. The zero-order valence-corrected chi connectivity index (χ0v) is 17.7. The number of benzene rings is 3. The third-order valence-electron chi connectivity index (χ3n) is 5.62. The van der Waals surface area contributed by atoms with Gasteiger partial charge in [-0.1, -0.05) is 74.5 Å². The second-order valence-electron chi connectivity index (χ2n) is 7.50. The molecule has 0 aliphatic heterocycles. The molecule has 0 unspecified atom stereocenters. The molecule has 0 saturated heterocycles. The number of aryl methyl sites for hydroxylation is 3. The molecule has 0 spiro atoms. The molecule has 1 amide bonds. The maximum atomic E-state index is 13.5. The molecule has 0 fully saturated rings. The number of hydrogen-bond acceptors (Lipinski definition) is 2. The molecule has 0 atom stereocenters. The molecule has 3 nitrogen and oxygen atoms in total. The van der Waals surface area contributed by atoms with E-state index in [0.29, 0.717) is 5.56 Å². The van der Waals surface area contributed by atoms with Crippen LogP contribution in [0.15, 0.2) is 72.8 Å². The molecule has 150 valence electrons. The van der Waals surface area contributed by atoms with Gasteiger partial charge in [-0.3, -0.25) is 4.79 Å². The quantitative estimate of drug-likeness (QED) is 0.415. The van der Waals surface area contributed by atoms with Crippen LogP contribution >= 0.6 is 0 Å². The zero-order valence-electron chi connectivity index (χ0n) is 17.7. The number of nitrogens with zero attached hydrogens (tertiary/aromatic N) is 1. The fourth-order valence-corrected chi connectivity index (χ4v) is 3.95. The molecule has 3 aromatic carbocycles. The number of carbonyl (C=O) groups is 1. The smallest absolute Gasteiger partial charge is 0.256 e. The van der Waals surface area contributed by atoms with Gasteiger partial charge >= 0.3 is 0 Å². The Morgan fingerprint density at radius 1 is 0.867 bits per heavy atom. The zero-order chi connectivity index (χ0) is 21.1. The highest BCUT2D eigenvalue weighted by molar-refractivity contribution is 6.13. The fourth-order valence-electron chi connectivity index (χ4n) is 3.95. The SMILES string of the molecule is CCc1cccc(CC)c1NC(=O)c1cc(-c2ccccc2C)nc2ccccc12. The first-order chi connectivity index (χ1) is 14.6. The Labute approximate surface area is 177 Å². The number of nitrogens with one attached hydrogen (secondary N) is 1. The van der Waals surface area contributed by atoms with E-state index in [1.807, 2.05) is 42.5 Å². The summed E-state index contributed by atoms with van der Waals surface area (Å²) < 4.78 is 0. The summed E-state index contributed by atoms with van der Waals surface area (Å²) in [6.45, 7) is 6.29. The van der Waals surface area contributed by atoms with Gasteiger partial charge in [0.2, 0.25) is 0 Å². The number of rotatable bonds is 5. The van der Waals surface area contributed by atoms with Crippen molar-refractivity contribution in [3.05, 3.63) is 95.1 Å². The molecule has 0 aliphatic rings. The maximum Gasteiger partial charge on any atom is 0.256 e. The van der Waals surface area contributed by atoms with Gasteiger partial charge in [-0.25, -0.2) is 4.98 Å². The number of fused-ring (bicyclic) bond motifs is 1. The first kappa shape index (κ1) is 19.8. The topological polar surface area (TPSA) is 42.0 Å². The van der Waals surface area contributed by atoms with Crippen LogP contribution in [-0.4, -0.2) is 10.9 Å². The first-order valence-electron chi connectivity index (χ1n) is 10.5. The lowest BCUT2D eigenvalue weighted by atomic mass is 9.99. The number of hydrogen-bond donors (Lipinski definition) is 1. The van der Waals surface area contributed by atoms with Gasteiger partial charge < -0.3 is 5.32 Å². The molecule has 3 heteroatoms. The molecule has 4 aromatic rings. The van der Waals surface area contributed by atoms with E-state index in [2.05, 4.69) is 56.4 Å². The molecule has 30 heavy (non-hydrogen) atoms. The molecular weight excluding hydrogens is 368 g/mol. The van der Waals surface area contributed by atoms with Crippen LogP contribution in [0.1, 0.15) is 40.9 Å². The van der Waals surface area contributed by atoms with Gasteiger partial charge in [0.15, 0.2) is 0 Å². The highest BCUT2D eigenvalue weighted by Crippen LogP contribution is 2.29. The Hall–Kier alpha value is -3.46. The van der Waals surface area contributed by atoms with Gasteiger partial charge in [0, 0.05) is 16.6 Å². The Kier molecular flexibility index (Phi) is 5.62. The predicted octanol–water partition coefficient (Wildman–Crippen LogP) is 6.59. The molecule has 0 saturated carbocycles. The van der Waals surface area contributed by atoms with E-state index in [1.165, 1.54) is 0 Å². The summed E-state index contributed by atoms with van der Waals surface area (Å²) in [6, 6.07) is 24.1. The molecule has 4 rings (SSSR count). The summed E-state index contributed by atoms with van der Waals surface area (Å²) in [5, 5.41) is 4.08. The van der Waals surface area contributed by atoms with Gasteiger partial charge in [-0.05, 0) is 48.6 Å². The number of carbonyl (C=O) groups excluding carboxylic acids is 1. The van der Waals surface area contributed by atoms with Gasteiger partial charge in [0.05, 0.1) is 16.8 Å². The number of anilines is 1. The van der Waals surface area contributed by atoms with Gasteiger partial charge in [-0.2, -0.15) is 0 Å². The molecule has 1 aromatic heterocycles. The van der Waals surface area contributed by atoms with E-state index in [1.54, 1.807) is 0 Å². The number of para-hydroxylation sites is 2. The third-order valence-corrected chi connectivity index (χ3v) is 5.62. The van der Waals surface area contributed by atoms with E-state index >= 15 is 0 Å². The summed E-state index contributed by atoms with van der Waals surface area (Å²) in [6.07, 6.45) is 1.74. The van der Waals surface area contributed by atoms with Crippen molar-refractivity contribution < 1.29 is 4.79 Å². The van der Waals surface area contributed by atoms with Crippen LogP contribution in [0.3, 0.4) is 0 Å². The molecule has 0 bridgehead atoms. The van der Waals surface area contributed by atoms with Crippen molar-refractivity contribution in [2.24, 2.45) is 0 Å². The molecule has 1 heterocycles. The lowest BCUT2D eigenvalue weighted by molar-refractivity contribution is 0.102. The fraction of sp³-hybridized carbons (Fsp3) is 0.185. The minimum Gasteiger partial charge on any atom is -0.321 e. The van der Waals surface area contributed by atoms with Gasteiger partial charge in [0.1, 0.15) is 0 Å². The standard InChI is InChI=1S/C27H26N2O/c1-4-19-12-10-13-20(5-2)26(19)29-27(30)23-17-25(21-14-7-6-11-18(21)3)28-24-16-9-8-15-22(23)24/h6-17H,4-5H2,1-3H3,(H,29,30). The van der Waals surface area contributed by atoms with E-state index < -0.39 is 0 Å². The lowest BCUT2D eigenvalue weighted by Crippen LogP contribution is -2.16. The lowest BCUT2D eigenvalue weighted by Gasteiger charge is -2.16. The predicted molar refractivity (Wildman–Crippen MR) is 125 cm³/mol. The number of pyridine rings is 1. The Morgan fingerprint density at radius 3 is 2.23 bits per heavy atom. The van der Waals surface area contributed by atoms with Crippen molar-refractivity contribution in [1.82, 2.24) is 4.98 Å². The Bertz CT molecular complexity index is 1200. The average Bonchev–Trinajstić information content (AvgIpc) is 2.78. The van der Waals surface area contributed by atoms with Crippen molar-refractivity contribution in [3.63, 3.8) is 0 Å². The minimum absolute atomic E-state index is 0.0981. The van der Waals surface area contributed by atoms with E-state index in [-0.39, 0.29) is 5.91 Å². The minimum atomic E-state index is -0.0981. The molecular formula is C27H26N2O. The summed E-state index contributed by atoms with van der Waals surface area (Å²) >= 11 is 0. The summed E-state index contributed by atoms with van der Waals surface area (Å²) in [5.74, 6) is -0.0981. The first-order valence-corrected chi connectivity index (χ1v) is 10.5. The normalized spacial score (nSPS) is 10.9. The highest BCUT2D eigenvalue weighted by atomic mass is 16.1. The van der Waals surface area contributed by atoms with E-state index in [9.17, 15) is 4.79 Å². The van der Waals surface area contributed by atoms with Crippen molar-refractivity contribution >= 4 is 22.5 Å². The number of aromatic nitrogens is 1.